The van der Waals surface area contributed by atoms with Crippen LogP contribution in [0.5, 0.6) is 0 Å². The molecule has 4 aliphatic rings. The molecule has 37 heavy (non-hydrogen) atoms. The number of carbonyl (C=O) groups is 1. The number of hydrogen-bond acceptors (Lipinski definition) is 4. The van der Waals surface area contributed by atoms with Crippen LogP contribution in [0.2, 0.25) is 0 Å². The molecule has 1 aromatic rings. The van der Waals surface area contributed by atoms with Crippen LogP contribution < -0.4 is 5.32 Å². The summed E-state index contributed by atoms with van der Waals surface area (Å²) >= 11 is 0. The van der Waals surface area contributed by atoms with Crippen molar-refractivity contribution in [2.75, 3.05) is 13.7 Å². The molecule has 0 aromatic heterocycles. The molecule has 2 N–H and O–H groups in total. The first-order valence-electron chi connectivity index (χ1n) is 12.6. The number of hydrogen-bond donors (Lipinski definition) is 2. The van der Waals surface area contributed by atoms with Crippen molar-refractivity contribution < 1.29 is 41.0 Å². The van der Waals surface area contributed by atoms with E-state index >= 15 is 0 Å². The van der Waals surface area contributed by atoms with Crippen molar-refractivity contribution in [1.82, 2.24) is 10.2 Å². The molecule has 1 spiro atoms. The molecule has 1 aromatic carbocycles. The summed E-state index contributed by atoms with van der Waals surface area (Å²) in [5.41, 5.74) is -5.80. The van der Waals surface area contributed by atoms with E-state index in [2.05, 4.69) is 10.2 Å². The van der Waals surface area contributed by atoms with Crippen molar-refractivity contribution in [1.29, 1.82) is 0 Å². The summed E-state index contributed by atoms with van der Waals surface area (Å²) in [6.45, 7) is 3.27. The quantitative estimate of drug-likeness (QED) is 0.517. The smallest absolute Gasteiger partial charge is 0.389 e. The molecule has 1 aliphatic heterocycles. The maximum absolute atomic E-state index is 13.5. The number of benzene rings is 1. The Labute approximate surface area is 211 Å². The van der Waals surface area contributed by atoms with E-state index in [1.165, 1.54) is 13.8 Å². The van der Waals surface area contributed by atoms with Gasteiger partial charge >= 0.3 is 12.4 Å². The Balaban J connectivity index is 1.31. The van der Waals surface area contributed by atoms with Crippen molar-refractivity contribution >= 4 is 5.91 Å². The van der Waals surface area contributed by atoms with Crippen LogP contribution in [0.4, 0.5) is 26.3 Å². The molecule has 1 amide bonds. The van der Waals surface area contributed by atoms with E-state index < -0.39 is 46.9 Å². The van der Waals surface area contributed by atoms with Crippen LogP contribution in [0.3, 0.4) is 0 Å². The van der Waals surface area contributed by atoms with Gasteiger partial charge in [-0.1, -0.05) is 0 Å². The van der Waals surface area contributed by atoms with Gasteiger partial charge in [0.2, 0.25) is 5.91 Å². The van der Waals surface area contributed by atoms with Crippen LogP contribution in [0.25, 0.3) is 0 Å². The average Bonchev–Trinajstić information content (AvgIpc) is 3.21. The van der Waals surface area contributed by atoms with Crippen molar-refractivity contribution in [2.45, 2.75) is 88.1 Å². The highest BCUT2D eigenvalue weighted by atomic mass is 19.4. The summed E-state index contributed by atoms with van der Waals surface area (Å²) < 4.78 is 85.2. The fourth-order valence-electron chi connectivity index (χ4n) is 7.33. The van der Waals surface area contributed by atoms with Crippen molar-refractivity contribution in [3.05, 3.63) is 34.9 Å². The van der Waals surface area contributed by atoms with Gasteiger partial charge < -0.3 is 15.2 Å². The molecule has 0 radical (unpaired) electrons. The summed E-state index contributed by atoms with van der Waals surface area (Å²) in [5.74, 6) is 0.386. The normalized spacial score (nSPS) is 35.2. The van der Waals surface area contributed by atoms with Crippen molar-refractivity contribution in [3.63, 3.8) is 0 Å². The van der Waals surface area contributed by atoms with Gasteiger partial charge in [-0.3, -0.25) is 9.69 Å². The number of ether oxygens (including phenoxy) is 1. The summed E-state index contributed by atoms with van der Waals surface area (Å²) in [4.78, 5) is 15.8. The SMILES string of the molecule is CN(C1C2CCC23OCC13)[C@@H]1CC[C@@](C(=O)NCc2cc(C(F)(F)F)cc(C(F)(F)F)c2)(C(C)(C)O)C1. The lowest BCUT2D eigenvalue weighted by Gasteiger charge is -2.75. The minimum absolute atomic E-state index is 0.0202. The van der Waals surface area contributed by atoms with Crippen LogP contribution in [0, 0.1) is 17.3 Å². The molecule has 4 unspecified atom stereocenters. The number of nitrogens with one attached hydrogen (secondary N) is 1. The van der Waals surface area contributed by atoms with Gasteiger partial charge in [0, 0.05) is 30.5 Å². The third-order valence-corrected chi connectivity index (χ3v) is 9.70. The third-order valence-electron chi connectivity index (χ3n) is 9.70. The molecular formula is C26H32F6N2O3. The molecule has 1 saturated heterocycles. The second-order valence-corrected chi connectivity index (χ2v) is 11.8. The predicted octanol–water partition coefficient (Wildman–Crippen LogP) is 4.76. The van der Waals surface area contributed by atoms with Crippen LogP contribution >= 0.6 is 0 Å². The number of alkyl halides is 6. The molecule has 3 saturated carbocycles. The first-order valence-corrected chi connectivity index (χ1v) is 12.6. The minimum Gasteiger partial charge on any atom is -0.389 e. The maximum atomic E-state index is 13.5. The molecule has 6 atom stereocenters. The van der Waals surface area contributed by atoms with Crippen molar-refractivity contribution in [3.8, 4) is 0 Å². The van der Waals surface area contributed by atoms with Crippen LogP contribution in [-0.4, -0.2) is 52.9 Å². The van der Waals surface area contributed by atoms with E-state index in [0.717, 1.165) is 19.4 Å². The average molecular weight is 535 g/mol. The van der Waals surface area contributed by atoms with Crippen LogP contribution in [0.1, 0.15) is 62.6 Å². The van der Waals surface area contributed by atoms with Gasteiger partial charge in [0.05, 0.1) is 34.4 Å². The highest BCUT2D eigenvalue weighted by molar-refractivity contribution is 5.84. The Morgan fingerprint density at radius 2 is 1.68 bits per heavy atom. The summed E-state index contributed by atoms with van der Waals surface area (Å²) in [7, 11) is 2.04. The van der Waals surface area contributed by atoms with Crippen LogP contribution in [-0.2, 0) is 28.4 Å². The lowest BCUT2D eigenvalue weighted by Crippen LogP contribution is -2.83. The molecule has 11 heteroatoms. The van der Waals surface area contributed by atoms with Gasteiger partial charge in [0.15, 0.2) is 0 Å². The highest BCUT2D eigenvalue weighted by Gasteiger charge is 2.74. The standard InChI is InChI=1S/C26H32F6N2O3/c1-22(2,36)23(6-4-17(11-23)34(3)20-18-5-7-24(18)19(20)13-37-24)21(35)33-12-14-8-15(25(27,28)29)10-16(9-14)26(30,31)32/h8-10,17-20,36H,4-7,11-13H2,1-3H3,(H,33,35)/t17-,18?,19?,20?,23-,24?/m1/s1. The number of rotatable bonds is 6. The van der Waals surface area contributed by atoms with Crippen molar-refractivity contribution in [2.24, 2.45) is 17.3 Å². The second-order valence-electron chi connectivity index (χ2n) is 11.8. The molecule has 3 aliphatic carbocycles. The molecule has 0 bridgehead atoms. The third kappa shape index (κ3) is 4.07. The maximum Gasteiger partial charge on any atom is 0.416 e. The van der Waals surface area contributed by atoms with Gasteiger partial charge in [-0.25, -0.2) is 0 Å². The summed E-state index contributed by atoms with van der Waals surface area (Å²) in [6, 6.07) is 1.66. The van der Waals surface area contributed by atoms with Gasteiger partial charge in [-0.15, -0.1) is 0 Å². The highest BCUT2D eigenvalue weighted by Crippen LogP contribution is 2.67. The first kappa shape index (κ1) is 26.7. The lowest BCUT2D eigenvalue weighted by molar-refractivity contribution is -0.378. The molecule has 5 nitrogen and oxygen atoms in total. The van der Waals surface area contributed by atoms with E-state index in [1.54, 1.807) is 0 Å². The summed E-state index contributed by atoms with van der Waals surface area (Å²) in [6.07, 6.45) is -6.40. The van der Waals surface area contributed by atoms with Gasteiger partial charge in [0.1, 0.15) is 0 Å². The zero-order valence-electron chi connectivity index (χ0n) is 21.0. The zero-order chi connectivity index (χ0) is 27.2. The Hall–Kier alpha value is -1.85. The Morgan fingerprint density at radius 1 is 1.05 bits per heavy atom. The van der Waals surface area contributed by atoms with E-state index in [4.69, 9.17) is 4.74 Å². The number of aliphatic hydroxyl groups is 1. The van der Waals surface area contributed by atoms with Gasteiger partial charge in [-0.05, 0) is 76.8 Å². The van der Waals surface area contributed by atoms with E-state index in [9.17, 15) is 36.2 Å². The lowest BCUT2D eigenvalue weighted by atomic mass is 9.43. The van der Waals surface area contributed by atoms with E-state index in [-0.39, 0.29) is 23.3 Å². The Kier molecular flexibility index (Phi) is 6.02. The molecular weight excluding hydrogens is 502 g/mol. The number of halogens is 6. The molecule has 1 heterocycles. The van der Waals surface area contributed by atoms with E-state index in [0.29, 0.717) is 49.3 Å². The number of amides is 1. The zero-order valence-corrected chi connectivity index (χ0v) is 21.0. The van der Waals surface area contributed by atoms with Gasteiger partial charge in [-0.2, -0.15) is 26.3 Å². The molecule has 5 rings (SSSR count). The second kappa shape index (κ2) is 8.32. The fraction of sp³-hybridized carbons (Fsp3) is 0.731. The monoisotopic (exact) mass is 534 g/mol. The topological polar surface area (TPSA) is 61.8 Å². The first-order chi connectivity index (χ1) is 17.0. The molecule has 4 fully saturated rings. The largest absolute Gasteiger partial charge is 0.416 e. The summed E-state index contributed by atoms with van der Waals surface area (Å²) in [5, 5.41) is 13.6. The number of carbonyl (C=O) groups excluding carboxylic acids is 1. The predicted molar refractivity (Wildman–Crippen MR) is 121 cm³/mol. The number of nitrogens with zero attached hydrogens (tertiary/aromatic N) is 1. The fourth-order valence-corrected chi connectivity index (χ4v) is 7.33. The van der Waals surface area contributed by atoms with Crippen LogP contribution in [0.15, 0.2) is 18.2 Å². The van der Waals surface area contributed by atoms with E-state index in [1.807, 2.05) is 7.05 Å². The Bertz CT molecular complexity index is 1030. The molecule has 206 valence electrons. The Morgan fingerprint density at radius 3 is 2.11 bits per heavy atom. The van der Waals surface area contributed by atoms with Gasteiger partial charge in [0.25, 0.3) is 0 Å². The minimum atomic E-state index is -4.97.